The highest BCUT2D eigenvalue weighted by Gasteiger charge is 2.46. The molecular weight excluding hydrogens is 835 g/mol. The third kappa shape index (κ3) is 13.0. The second-order valence-corrected chi connectivity index (χ2v) is 21.1. The van der Waals surface area contributed by atoms with Crippen LogP contribution in [0.5, 0.6) is 0 Å². The number of benzene rings is 2. The van der Waals surface area contributed by atoms with Crippen LogP contribution in [0.2, 0.25) is 0 Å². The van der Waals surface area contributed by atoms with Gasteiger partial charge in [0.05, 0.1) is 29.1 Å². The number of hydrogen-bond acceptors (Lipinski definition) is 10. The zero-order valence-electron chi connectivity index (χ0n) is 35.3. The highest BCUT2D eigenvalue weighted by molar-refractivity contribution is 7.89. The molecule has 0 bridgehead atoms. The minimum Gasteiger partial charge on any atom is -0.481 e. The maximum absolute atomic E-state index is 13.9. The van der Waals surface area contributed by atoms with Crippen molar-refractivity contribution >= 4 is 48.0 Å². The van der Waals surface area contributed by atoms with E-state index in [0.717, 1.165) is 16.5 Å². The van der Waals surface area contributed by atoms with Crippen molar-refractivity contribution in [3.05, 3.63) is 82.6 Å². The Kier molecular flexibility index (Phi) is 16.5. The largest absolute Gasteiger partial charge is 0.481 e. The predicted octanol–water partition coefficient (Wildman–Crippen LogP) is 5.66. The maximum Gasteiger partial charge on any atom is 0.303 e. The zero-order valence-corrected chi connectivity index (χ0v) is 37.8. The molecule has 3 aliphatic rings. The summed E-state index contributed by atoms with van der Waals surface area (Å²) in [5.74, 6) is -0.651. The number of allylic oxidation sites excluding steroid dienone is 3. The van der Waals surface area contributed by atoms with Gasteiger partial charge in [-0.05, 0) is 86.9 Å². The number of hydrogen-bond donors (Lipinski definition) is 4. The number of carbonyl (C=O) groups is 1. The molecule has 0 radical (unpaired) electrons. The number of fused-ring (bicyclic) bond motifs is 2. The highest BCUT2D eigenvalue weighted by Crippen LogP contribution is 2.53. The second kappa shape index (κ2) is 20.3. The average molecular weight is 895 g/mol. The summed E-state index contributed by atoms with van der Waals surface area (Å²) in [6, 6.07) is 12.8. The first-order chi connectivity index (χ1) is 28.0. The normalized spacial score (nSPS) is 17.5. The number of methoxy groups -OCH3 is 1. The van der Waals surface area contributed by atoms with E-state index >= 15 is 0 Å². The van der Waals surface area contributed by atoms with Crippen LogP contribution >= 0.6 is 0 Å². The van der Waals surface area contributed by atoms with Gasteiger partial charge in [0.15, 0.2) is 0 Å². The number of nitrogens with zero attached hydrogens (tertiary/aromatic N) is 2. The standard InChI is InChI=1S/C42H59N3O12S3/c1-7-44(24-14-28-59(51,52)53)31-20-21-33-34(41(2,3)4)30-32(57-36(33)29-31)15-11-18-38-42(5,22-13-27-58(48,49)50)40-35(45(38)25-10-8-9-19-39(46)47)16-12-17-37(40)60(54,55)43-23-26-56-6/h11-12,15-18,20-21,29-30,43H,7-10,13-14,19,22-28H2,1-6H3,(H2-,46,47,48,49,50,51,52,53)/p+1. The van der Waals surface area contributed by atoms with Gasteiger partial charge in [0.25, 0.3) is 20.2 Å². The van der Waals surface area contributed by atoms with Gasteiger partial charge in [-0.15, -0.1) is 0 Å². The number of unbranched alkanes of at least 4 members (excludes halogenated alkanes) is 2. The van der Waals surface area contributed by atoms with Crippen molar-refractivity contribution in [2.24, 2.45) is 0 Å². The van der Waals surface area contributed by atoms with Crippen molar-refractivity contribution in [3.8, 4) is 11.3 Å². The molecule has 4 rings (SSSR count). The fraction of sp³-hybridized carbons (Fsp3) is 0.524. The summed E-state index contributed by atoms with van der Waals surface area (Å²) < 4.78 is 109. The molecule has 0 spiro atoms. The lowest BCUT2D eigenvalue weighted by Crippen LogP contribution is -2.32. The Morgan fingerprint density at radius 2 is 1.67 bits per heavy atom. The Balaban J connectivity index is 1.90. The number of carboxylic acids is 1. The number of ether oxygens (including phenoxy) is 1. The van der Waals surface area contributed by atoms with Crippen LogP contribution in [-0.4, -0.2) is 96.8 Å². The first-order valence-corrected chi connectivity index (χ1v) is 24.8. The van der Waals surface area contributed by atoms with Crippen LogP contribution < -0.4 is 19.6 Å². The molecule has 1 aromatic rings. The fourth-order valence-corrected chi connectivity index (χ4v) is 10.1. The van der Waals surface area contributed by atoms with Crippen molar-refractivity contribution in [1.82, 2.24) is 9.30 Å². The van der Waals surface area contributed by atoms with Gasteiger partial charge in [0.1, 0.15) is 24.6 Å². The molecule has 1 unspecified atom stereocenters. The molecular formula is C42H60N3O12S3+. The Morgan fingerprint density at radius 1 is 0.967 bits per heavy atom. The van der Waals surface area contributed by atoms with Crippen LogP contribution in [-0.2, 0) is 50.6 Å². The van der Waals surface area contributed by atoms with Crippen LogP contribution in [0.15, 0.2) is 69.6 Å². The Labute approximate surface area is 354 Å². The molecule has 2 heterocycles. The minimum atomic E-state index is -4.33. The molecule has 2 aliphatic heterocycles. The molecule has 4 N–H and O–H groups in total. The van der Waals surface area contributed by atoms with E-state index in [1.807, 2.05) is 59.7 Å². The topological polar surface area (TPSA) is 221 Å². The molecule has 0 fully saturated rings. The van der Waals surface area contributed by atoms with E-state index in [0.29, 0.717) is 67.4 Å². The van der Waals surface area contributed by atoms with E-state index in [9.17, 15) is 44.3 Å². The van der Waals surface area contributed by atoms with E-state index in [4.69, 9.17) is 9.15 Å². The zero-order chi connectivity index (χ0) is 44.5. The Morgan fingerprint density at radius 3 is 2.30 bits per heavy atom. The molecule has 0 saturated carbocycles. The number of rotatable bonds is 22. The van der Waals surface area contributed by atoms with Crippen molar-refractivity contribution in [1.29, 1.82) is 0 Å². The van der Waals surface area contributed by atoms with Crippen molar-refractivity contribution in [2.45, 2.75) is 95.3 Å². The SMILES string of the molecule is CC[N+](CCCS(=O)(=O)O)=c1ccc2c(C(C)(C)C)cc(C=CC=C3N(CCCCCC(=O)O)c4cccc(S(=O)(=O)NCCOC)c4C3(C)CCCS(=O)(=O)O)oc-2c1. The Hall–Kier alpha value is -3.91. The van der Waals surface area contributed by atoms with Crippen molar-refractivity contribution in [3.63, 3.8) is 0 Å². The highest BCUT2D eigenvalue weighted by atomic mass is 32.2. The maximum atomic E-state index is 13.9. The van der Waals surface area contributed by atoms with Gasteiger partial charge in [-0.1, -0.05) is 39.3 Å². The van der Waals surface area contributed by atoms with Crippen LogP contribution in [0.4, 0.5) is 5.69 Å². The summed E-state index contributed by atoms with van der Waals surface area (Å²) in [6.07, 6.45) is 7.55. The quantitative estimate of drug-likeness (QED) is 0.0544. The summed E-state index contributed by atoms with van der Waals surface area (Å²) in [5.41, 5.74) is 2.33. The van der Waals surface area contributed by atoms with Crippen LogP contribution in [0, 0.1) is 0 Å². The number of nitrogens with one attached hydrogen (secondary N) is 1. The van der Waals surface area contributed by atoms with Crippen LogP contribution in [0.3, 0.4) is 0 Å². The molecule has 1 aromatic carbocycles. The monoisotopic (exact) mass is 894 g/mol. The third-order valence-electron chi connectivity index (χ3n) is 10.6. The summed E-state index contributed by atoms with van der Waals surface area (Å²) in [4.78, 5) is 13.3. The molecule has 0 saturated heterocycles. The van der Waals surface area contributed by atoms with E-state index in [-0.39, 0.29) is 54.9 Å². The summed E-state index contributed by atoms with van der Waals surface area (Å²) in [7, 11) is -11.0. The van der Waals surface area contributed by atoms with Gasteiger partial charge in [-0.3, -0.25) is 13.9 Å². The number of carboxylic acid groups (broad SMARTS) is 1. The average Bonchev–Trinajstić information content (AvgIpc) is 3.37. The lowest BCUT2D eigenvalue weighted by Gasteiger charge is -2.31. The fourth-order valence-electron chi connectivity index (χ4n) is 7.77. The lowest BCUT2D eigenvalue weighted by atomic mass is 9.77. The molecule has 1 atom stereocenters. The summed E-state index contributed by atoms with van der Waals surface area (Å²) in [5, 5.41) is 10.0. The van der Waals surface area contributed by atoms with Gasteiger partial charge < -0.3 is 19.2 Å². The van der Waals surface area contributed by atoms with Crippen molar-refractivity contribution in [2.75, 3.05) is 56.3 Å². The van der Waals surface area contributed by atoms with Gasteiger partial charge in [0.2, 0.25) is 15.4 Å². The predicted molar refractivity (Wildman–Crippen MR) is 233 cm³/mol. The van der Waals surface area contributed by atoms with Crippen LogP contribution in [0.1, 0.15) is 96.5 Å². The molecule has 1 aliphatic carbocycles. The van der Waals surface area contributed by atoms with E-state index < -0.39 is 47.4 Å². The molecule has 18 heteroatoms. The molecule has 332 valence electrons. The van der Waals surface area contributed by atoms with E-state index in [1.165, 1.54) is 13.2 Å². The second-order valence-electron chi connectivity index (χ2n) is 16.2. The number of aliphatic carboxylic acids is 1. The summed E-state index contributed by atoms with van der Waals surface area (Å²) in [6.45, 7) is 11.7. The first-order valence-electron chi connectivity index (χ1n) is 20.1. The first kappa shape index (κ1) is 48.8. The molecule has 0 aromatic heterocycles. The minimum absolute atomic E-state index is 0.0166. The van der Waals surface area contributed by atoms with Crippen LogP contribution in [0.25, 0.3) is 17.4 Å². The van der Waals surface area contributed by atoms with Gasteiger partial charge >= 0.3 is 5.97 Å². The molecule has 15 nitrogen and oxygen atoms in total. The van der Waals surface area contributed by atoms with Gasteiger partial charge in [0, 0.05) is 67.0 Å². The smallest absolute Gasteiger partial charge is 0.303 e. The van der Waals surface area contributed by atoms with E-state index in [1.54, 1.807) is 18.2 Å². The Bertz CT molecular complexity index is 2430. The molecule has 60 heavy (non-hydrogen) atoms. The van der Waals surface area contributed by atoms with Gasteiger partial charge in [-0.2, -0.15) is 16.8 Å². The number of sulfonamides is 1. The van der Waals surface area contributed by atoms with E-state index in [2.05, 4.69) is 25.5 Å². The number of anilines is 1. The lowest BCUT2D eigenvalue weighted by molar-refractivity contribution is -0.137. The third-order valence-corrected chi connectivity index (χ3v) is 13.7. The summed E-state index contributed by atoms with van der Waals surface area (Å²) >= 11 is 0. The van der Waals surface area contributed by atoms with Gasteiger partial charge in [-0.25, -0.2) is 17.7 Å². The van der Waals surface area contributed by atoms with Crippen molar-refractivity contribution < 1.29 is 53.4 Å². The molecule has 0 amide bonds.